The molecule has 2 aromatic carbocycles. The van der Waals surface area contributed by atoms with Gasteiger partial charge in [-0.3, -0.25) is 9.59 Å². The lowest BCUT2D eigenvalue weighted by Crippen LogP contribution is -2.59. The van der Waals surface area contributed by atoms with E-state index < -0.39 is 64.5 Å². The minimum atomic E-state index is -1.51. The number of carbonyl (C=O) groups excluding carboxylic acids is 3. The van der Waals surface area contributed by atoms with Gasteiger partial charge in [-0.05, 0) is 58.6 Å². The first-order valence-corrected chi connectivity index (χ1v) is 17.6. The van der Waals surface area contributed by atoms with Crippen molar-refractivity contribution < 1.29 is 38.5 Å². The maximum absolute atomic E-state index is 14.5. The number of amides is 3. The Labute approximate surface area is 304 Å². The third kappa shape index (κ3) is 8.49. The topological polar surface area (TPSA) is 156 Å². The highest BCUT2D eigenvalue weighted by molar-refractivity contribution is 5.96. The highest BCUT2D eigenvalue weighted by Crippen LogP contribution is 2.45. The Hall–Kier alpha value is -5.13. The highest BCUT2D eigenvalue weighted by Gasteiger charge is 2.61. The largest absolute Gasteiger partial charge is 0.491 e. The number of carbonyl (C=O) groups is 4. The molecule has 1 saturated carbocycles. The van der Waals surface area contributed by atoms with Crippen molar-refractivity contribution in [3.05, 3.63) is 67.3 Å². The van der Waals surface area contributed by atoms with E-state index in [0.29, 0.717) is 28.1 Å². The summed E-state index contributed by atoms with van der Waals surface area (Å²) in [6.45, 7) is 18.2. The van der Waals surface area contributed by atoms with Gasteiger partial charge in [-0.1, -0.05) is 57.2 Å². The van der Waals surface area contributed by atoms with Crippen LogP contribution in [0.4, 0.5) is 4.79 Å². The quantitative estimate of drug-likeness (QED) is 0.199. The first-order chi connectivity index (χ1) is 24.3. The van der Waals surface area contributed by atoms with Gasteiger partial charge in [-0.25, -0.2) is 14.6 Å². The minimum Gasteiger partial charge on any atom is -0.491 e. The zero-order chi connectivity index (χ0) is 38.2. The Morgan fingerprint density at radius 3 is 2.31 bits per heavy atom. The van der Waals surface area contributed by atoms with Crippen LogP contribution in [0.15, 0.2) is 67.3 Å². The van der Waals surface area contributed by atoms with Gasteiger partial charge < -0.3 is 34.9 Å². The van der Waals surface area contributed by atoms with Crippen LogP contribution in [-0.4, -0.2) is 80.8 Å². The van der Waals surface area contributed by atoms with Gasteiger partial charge in [-0.15, -0.1) is 6.58 Å². The number of likely N-dealkylation sites (tertiary alicyclic amines) is 1. The average Bonchev–Trinajstić information content (AvgIpc) is 3.61. The number of pyridine rings is 1. The molecule has 12 heteroatoms. The summed E-state index contributed by atoms with van der Waals surface area (Å²) in [5, 5.41) is 16.2. The zero-order valence-corrected chi connectivity index (χ0v) is 31.2. The van der Waals surface area contributed by atoms with Gasteiger partial charge >= 0.3 is 12.1 Å². The smallest absolute Gasteiger partial charge is 0.408 e. The second kappa shape index (κ2) is 14.5. The number of alkyl carbamates (subject to hydrolysis) is 1. The number of ether oxygens (including phenoxy) is 3. The second-order valence-corrected chi connectivity index (χ2v) is 16.0. The monoisotopic (exact) mass is 714 g/mol. The van der Waals surface area contributed by atoms with Gasteiger partial charge in [0.05, 0.1) is 23.9 Å². The number of benzene rings is 2. The number of aromatic nitrogens is 1. The van der Waals surface area contributed by atoms with E-state index in [4.69, 9.17) is 19.2 Å². The lowest BCUT2D eigenvalue weighted by molar-refractivity contribution is -0.146. The van der Waals surface area contributed by atoms with Gasteiger partial charge in [0.2, 0.25) is 11.8 Å². The molecular formula is C40H50N4O8. The summed E-state index contributed by atoms with van der Waals surface area (Å²) in [4.78, 5) is 60.1. The van der Waals surface area contributed by atoms with Crippen LogP contribution >= 0.6 is 0 Å². The van der Waals surface area contributed by atoms with E-state index in [2.05, 4.69) is 17.2 Å². The van der Waals surface area contributed by atoms with E-state index in [1.165, 1.54) is 11.0 Å². The molecule has 12 nitrogen and oxygen atoms in total. The van der Waals surface area contributed by atoms with Crippen LogP contribution in [-0.2, 0) is 19.1 Å². The third-order valence-electron chi connectivity index (χ3n) is 9.13. The van der Waals surface area contributed by atoms with Crippen LogP contribution in [0.1, 0.15) is 68.2 Å². The van der Waals surface area contributed by atoms with Crippen LogP contribution in [0, 0.1) is 11.3 Å². The Bertz CT molecular complexity index is 1850. The van der Waals surface area contributed by atoms with Crippen molar-refractivity contribution in [3.63, 3.8) is 0 Å². The number of hydrogen-bond donors (Lipinski definition) is 3. The molecule has 5 atom stereocenters. The number of carboxylic acid groups (broad SMARTS) is 1. The maximum Gasteiger partial charge on any atom is 0.408 e. The third-order valence-corrected chi connectivity index (χ3v) is 9.13. The van der Waals surface area contributed by atoms with E-state index in [-0.39, 0.29) is 25.5 Å². The predicted molar refractivity (Wildman–Crippen MR) is 197 cm³/mol. The van der Waals surface area contributed by atoms with Gasteiger partial charge in [0.15, 0.2) is 0 Å². The molecule has 52 heavy (non-hydrogen) atoms. The molecule has 0 spiro atoms. The Balaban J connectivity index is 1.52. The highest BCUT2D eigenvalue weighted by atomic mass is 16.6. The fourth-order valence-corrected chi connectivity index (χ4v) is 6.49. The molecule has 2 aliphatic rings. The van der Waals surface area contributed by atoms with Gasteiger partial charge in [-0.2, -0.15) is 0 Å². The molecule has 0 unspecified atom stereocenters. The molecule has 1 aliphatic carbocycles. The van der Waals surface area contributed by atoms with Crippen molar-refractivity contribution in [2.75, 3.05) is 6.54 Å². The SMILES string of the molecule is C=C[C@@H]1C[C@]1(NC(=O)[C@@H]1C[C@@H](Oc2cc(-c3ccccc3)nc3cc(OC(C)C)ccc23)CN1C(=O)[C@@H](NC(=O)OC(C)(C)C)C(C)(C)C)C(=O)O. The van der Waals surface area contributed by atoms with E-state index in [1.807, 2.05) is 68.4 Å². The first kappa shape index (κ1) is 38.1. The number of fused-ring (bicyclic) bond motifs is 1. The van der Waals surface area contributed by atoms with Gasteiger partial charge in [0, 0.05) is 35.4 Å². The summed E-state index contributed by atoms with van der Waals surface area (Å²) in [5.41, 5.74) is -0.945. The number of nitrogens with one attached hydrogen (secondary N) is 2. The van der Waals surface area contributed by atoms with E-state index in [9.17, 15) is 24.3 Å². The molecule has 1 aliphatic heterocycles. The lowest BCUT2D eigenvalue weighted by Gasteiger charge is -2.35. The minimum absolute atomic E-state index is 0.0104. The number of hydrogen-bond acceptors (Lipinski definition) is 8. The fourth-order valence-electron chi connectivity index (χ4n) is 6.49. The van der Waals surface area contributed by atoms with Crippen LogP contribution < -0.4 is 20.1 Å². The molecule has 3 N–H and O–H groups in total. The summed E-state index contributed by atoms with van der Waals surface area (Å²) in [5.74, 6) is -1.63. The molecule has 2 heterocycles. The predicted octanol–water partition coefficient (Wildman–Crippen LogP) is 6.12. The molecule has 5 rings (SSSR count). The fraction of sp³-hybridized carbons (Fsp3) is 0.475. The molecule has 0 bridgehead atoms. The normalized spacial score (nSPS) is 22.0. The molecule has 2 fully saturated rings. The standard InChI is InChI=1S/C40H50N4O8/c1-10-25-21-40(25,36(47)48)43-34(45)31-19-27(22-44(31)35(46)33(38(4,5)6)42-37(49)52-39(7,8)9)51-32-20-29(24-14-12-11-13-15-24)41-30-18-26(50-23(2)3)16-17-28(30)32/h10-18,20,23,25,27,31,33H,1,19,21-22H2,2-9H3,(H,42,49)(H,43,45)(H,47,48)/t25-,27-,31+,33-,40-/m1/s1. The molecule has 1 saturated heterocycles. The molecule has 278 valence electrons. The van der Waals surface area contributed by atoms with Gasteiger partial charge in [0.1, 0.15) is 40.8 Å². The van der Waals surface area contributed by atoms with E-state index >= 15 is 0 Å². The number of aliphatic carboxylic acids is 1. The van der Waals surface area contributed by atoms with Crippen LogP contribution in [0.25, 0.3) is 22.2 Å². The molecule has 3 amide bonds. The number of rotatable bonds is 11. The Morgan fingerprint density at radius 1 is 1.04 bits per heavy atom. The molecular weight excluding hydrogens is 664 g/mol. The van der Waals surface area contributed by atoms with Crippen molar-refractivity contribution in [1.29, 1.82) is 0 Å². The molecule has 3 aromatic rings. The summed E-state index contributed by atoms with van der Waals surface area (Å²) in [7, 11) is 0. The molecule has 1 aromatic heterocycles. The Morgan fingerprint density at radius 2 is 1.73 bits per heavy atom. The first-order valence-electron chi connectivity index (χ1n) is 17.6. The summed E-state index contributed by atoms with van der Waals surface area (Å²) in [6.07, 6.45) is 0.260. The van der Waals surface area contributed by atoms with Crippen LogP contribution in [0.2, 0.25) is 0 Å². The van der Waals surface area contributed by atoms with Crippen molar-refractivity contribution in [2.45, 2.75) is 104 Å². The van der Waals surface area contributed by atoms with Crippen molar-refractivity contribution in [1.82, 2.24) is 20.5 Å². The average molecular weight is 715 g/mol. The number of carboxylic acids is 1. The summed E-state index contributed by atoms with van der Waals surface area (Å²) in [6, 6.07) is 14.8. The maximum atomic E-state index is 14.5. The van der Waals surface area contributed by atoms with E-state index in [1.54, 1.807) is 41.5 Å². The number of nitrogens with zero attached hydrogens (tertiary/aromatic N) is 2. The van der Waals surface area contributed by atoms with Crippen molar-refractivity contribution in [3.8, 4) is 22.8 Å². The summed E-state index contributed by atoms with van der Waals surface area (Å²) < 4.78 is 18.1. The zero-order valence-electron chi connectivity index (χ0n) is 31.2. The second-order valence-electron chi connectivity index (χ2n) is 16.0. The molecule has 0 radical (unpaired) electrons. The van der Waals surface area contributed by atoms with E-state index in [0.717, 1.165) is 5.56 Å². The van der Waals surface area contributed by atoms with Crippen LogP contribution in [0.3, 0.4) is 0 Å². The van der Waals surface area contributed by atoms with Gasteiger partial charge in [0.25, 0.3) is 0 Å². The Kier molecular flexibility index (Phi) is 10.6. The van der Waals surface area contributed by atoms with Crippen molar-refractivity contribution in [2.24, 2.45) is 11.3 Å². The summed E-state index contributed by atoms with van der Waals surface area (Å²) >= 11 is 0. The van der Waals surface area contributed by atoms with Crippen molar-refractivity contribution >= 4 is 34.8 Å². The van der Waals surface area contributed by atoms with Crippen LogP contribution in [0.5, 0.6) is 11.5 Å². The lowest BCUT2D eigenvalue weighted by atomic mass is 9.85.